The number of rotatable bonds is 1. The highest BCUT2D eigenvalue weighted by atomic mass is 35.5. The molecule has 0 aromatic heterocycles. The molecule has 2 atom stereocenters. The molecule has 2 aliphatic carbocycles. The average molecular weight is 201 g/mol. The van der Waals surface area contributed by atoms with E-state index in [1.165, 1.54) is 57.8 Å². The fourth-order valence-electron chi connectivity index (χ4n) is 3.21. The maximum absolute atomic E-state index is 6.42. The Labute approximate surface area is 87.0 Å². The van der Waals surface area contributed by atoms with Gasteiger partial charge in [-0.2, -0.15) is 0 Å². The summed E-state index contributed by atoms with van der Waals surface area (Å²) in [6.07, 6.45) is 12.8. The second-order valence-corrected chi connectivity index (χ2v) is 5.42. The van der Waals surface area contributed by atoms with E-state index in [1.807, 2.05) is 0 Å². The molecule has 0 radical (unpaired) electrons. The Hall–Kier alpha value is 0.290. The summed E-state index contributed by atoms with van der Waals surface area (Å²) < 4.78 is 0. The molecule has 0 spiro atoms. The zero-order valence-electron chi connectivity index (χ0n) is 8.47. The molecule has 0 aromatic rings. The third kappa shape index (κ3) is 2.40. The first kappa shape index (κ1) is 9.83. The molecule has 0 nitrogen and oxygen atoms in total. The molecular weight excluding hydrogens is 180 g/mol. The summed E-state index contributed by atoms with van der Waals surface area (Å²) in [5.41, 5.74) is 0. The quantitative estimate of drug-likeness (QED) is 0.552. The Morgan fingerprint density at radius 3 is 2.00 bits per heavy atom. The van der Waals surface area contributed by atoms with Gasteiger partial charge < -0.3 is 0 Å². The molecule has 0 saturated heterocycles. The van der Waals surface area contributed by atoms with Gasteiger partial charge in [0.1, 0.15) is 0 Å². The van der Waals surface area contributed by atoms with E-state index in [4.69, 9.17) is 11.6 Å². The van der Waals surface area contributed by atoms with Gasteiger partial charge in [-0.3, -0.25) is 0 Å². The van der Waals surface area contributed by atoms with Crippen LogP contribution in [0.2, 0.25) is 0 Å². The van der Waals surface area contributed by atoms with Crippen molar-refractivity contribution in [3.05, 3.63) is 0 Å². The van der Waals surface area contributed by atoms with Crippen LogP contribution >= 0.6 is 11.6 Å². The monoisotopic (exact) mass is 200 g/mol. The van der Waals surface area contributed by atoms with E-state index < -0.39 is 0 Å². The second-order valence-electron chi connectivity index (χ2n) is 4.86. The molecule has 0 heterocycles. The summed E-state index contributed by atoms with van der Waals surface area (Å²) in [6, 6.07) is 0. The minimum Gasteiger partial charge on any atom is -0.123 e. The van der Waals surface area contributed by atoms with Crippen LogP contribution in [-0.2, 0) is 0 Å². The number of hydrogen-bond acceptors (Lipinski definition) is 0. The number of alkyl halides is 1. The standard InChI is InChI=1S/C12H21Cl/c13-12-9-5-4-8-11(12)10-6-2-1-3-7-10/h10-12H,1-9H2/t11-,12-/m1/s1. The van der Waals surface area contributed by atoms with E-state index >= 15 is 0 Å². The first-order valence-corrected chi connectivity index (χ1v) is 6.45. The molecule has 13 heavy (non-hydrogen) atoms. The van der Waals surface area contributed by atoms with E-state index in [1.54, 1.807) is 0 Å². The zero-order chi connectivity index (χ0) is 9.10. The van der Waals surface area contributed by atoms with Gasteiger partial charge in [-0.25, -0.2) is 0 Å². The Kier molecular flexibility index (Phi) is 3.54. The second kappa shape index (κ2) is 4.68. The lowest BCUT2D eigenvalue weighted by Gasteiger charge is -2.36. The summed E-state index contributed by atoms with van der Waals surface area (Å²) >= 11 is 6.42. The number of halogens is 1. The summed E-state index contributed by atoms with van der Waals surface area (Å²) in [6.45, 7) is 0. The number of hydrogen-bond donors (Lipinski definition) is 0. The van der Waals surface area contributed by atoms with Gasteiger partial charge in [0.05, 0.1) is 0 Å². The molecule has 1 heteroatoms. The van der Waals surface area contributed by atoms with Crippen molar-refractivity contribution in [3.63, 3.8) is 0 Å². The molecule has 0 unspecified atom stereocenters. The molecule has 0 N–H and O–H groups in total. The van der Waals surface area contributed by atoms with Gasteiger partial charge in [-0.1, -0.05) is 44.9 Å². The zero-order valence-corrected chi connectivity index (χ0v) is 9.23. The van der Waals surface area contributed by atoms with Crippen LogP contribution in [0, 0.1) is 11.8 Å². The van der Waals surface area contributed by atoms with Crippen molar-refractivity contribution in [1.82, 2.24) is 0 Å². The maximum atomic E-state index is 6.42. The van der Waals surface area contributed by atoms with E-state index in [9.17, 15) is 0 Å². The van der Waals surface area contributed by atoms with Crippen LogP contribution in [0.15, 0.2) is 0 Å². The summed E-state index contributed by atoms with van der Waals surface area (Å²) in [5, 5.41) is 0.511. The van der Waals surface area contributed by atoms with Gasteiger partial charge in [0.2, 0.25) is 0 Å². The Bertz CT molecular complexity index is 149. The first-order chi connectivity index (χ1) is 6.38. The topological polar surface area (TPSA) is 0 Å². The van der Waals surface area contributed by atoms with Crippen molar-refractivity contribution in [2.24, 2.45) is 11.8 Å². The van der Waals surface area contributed by atoms with Crippen LogP contribution in [0.1, 0.15) is 57.8 Å². The molecule has 2 rings (SSSR count). The minimum absolute atomic E-state index is 0.511. The van der Waals surface area contributed by atoms with Gasteiger partial charge in [0.15, 0.2) is 0 Å². The van der Waals surface area contributed by atoms with Crippen molar-refractivity contribution < 1.29 is 0 Å². The van der Waals surface area contributed by atoms with Crippen LogP contribution in [0.5, 0.6) is 0 Å². The van der Waals surface area contributed by atoms with E-state index in [0.717, 1.165) is 11.8 Å². The molecule has 2 saturated carbocycles. The molecular formula is C12H21Cl. The van der Waals surface area contributed by atoms with Crippen LogP contribution in [0.4, 0.5) is 0 Å². The lowest BCUT2D eigenvalue weighted by Crippen LogP contribution is -2.28. The average Bonchev–Trinajstić information content (AvgIpc) is 2.20. The van der Waals surface area contributed by atoms with Crippen LogP contribution in [-0.4, -0.2) is 5.38 Å². The normalized spacial score (nSPS) is 37.6. The molecule has 0 bridgehead atoms. The first-order valence-electron chi connectivity index (χ1n) is 6.02. The van der Waals surface area contributed by atoms with Gasteiger partial charge in [-0.05, 0) is 24.7 Å². The lowest BCUT2D eigenvalue weighted by atomic mass is 9.73. The SMILES string of the molecule is Cl[C@@H]1CCCC[C@@H]1C1CCCCC1. The summed E-state index contributed by atoms with van der Waals surface area (Å²) in [4.78, 5) is 0. The van der Waals surface area contributed by atoms with Crippen molar-refractivity contribution in [1.29, 1.82) is 0 Å². The van der Waals surface area contributed by atoms with Crippen molar-refractivity contribution >= 4 is 11.6 Å². The predicted molar refractivity (Wildman–Crippen MR) is 58.2 cm³/mol. The van der Waals surface area contributed by atoms with E-state index in [0.29, 0.717) is 5.38 Å². The maximum Gasteiger partial charge on any atom is 0.0366 e. The Morgan fingerprint density at radius 2 is 1.31 bits per heavy atom. The van der Waals surface area contributed by atoms with Gasteiger partial charge in [0, 0.05) is 5.38 Å². The summed E-state index contributed by atoms with van der Waals surface area (Å²) in [7, 11) is 0. The molecule has 2 aliphatic rings. The van der Waals surface area contributed by atoms with Crippen molar-refractivity contribution in [2.75, 3.05) is 0 Å². The van der Waals surface area contributed by atoms with Gasteiger partial charge in [-0.15, -0.1) is 11.6 Å². The third-order valence-corrected chi connectivity index (χ3v) is 4.53. The van der Waals surface area contributed by atoms with E-state index in [-0.39, 0.29) is 0 Å². The summed E-state index contributed by atoms with van der Waals surface area (Å²) in [5.74, 6) is 1.85. The van der Waals surface area contributed by atoms with Gasteiger partial charge >= 0.3 is 0 Å². The third-order valence-electron chi connectivity index (χ3n) is 3.99. The Balaban J connectivity index is 1.88. The molecule has 0 aliphatic heterocycles. The highest BCUT2D eigenvalue weighted by Crippen LogP contribution is 2.40. The highest BCUT2D eigenvalue weighted by Gasteiger charge is 2.30. The lowest BCUT2D eigenvalue weighted by molar-refractivity contribution is 0.200. The minimum atomic E-state index is 0.511. The van der Waals surface area contributed by atoms with Crippen molar-refractivity contribution in [3.8, 4) is 0 Å². The van der Waals surface area contributed by atoms with Crippen LogP contribution < -0.4 is 0 Å². The van der Waals surface area contributed by atoms with E-state index in [2.05, 4.69) is 0 Å². The smallest absolute Gasteiger partial charge is 0.0366 e. The largest absolute Gasteiger partial charge is 0.123 e. The molecule has 0 amide bonds. The predicted octanol–water partition coefficient (Wildman–Crippen LogP) is 4.36. The van der Waals surface area contributed by atoms with Crippen molar-refractivity contribution in [2.45, 2.75) is 63.2 Å². The fraction of sp³-hybridized carbons (Fsp3) is 1.00. The van der Waals surface area contributed by atoms with Crippen LogP contribution in [0.25, 0.3) is 0 Å². The Morgan fingerprint density at radius 1 is 0.692 bits per heavy atom. The fourth-order valence-corrected chi connectivity index (χ4v) is 3.69. The molecule has 0 aromatic carbocycles. The van der Waals surface area contributed by atoms with Crippen LogP contribution in [0.3, 0.4) is 0 Å². The van der Waals surface area contributed by atoms with Gasteiger partial charge in [0.25, 0.3) is 0 Å². The molecule has 76 valence electrons. The molecule has 2 fully saturated rings. The highest BCUT2D eigenvalue weighted by molar-refractivity contribution is 6.20.